The Balaban J connectivity index is 1.85. The van der Waals surface area contributed by atoms with Crippen molar-refractivity contribution < 1.29 is 4.79 Å². The van der Waals surface area contributed by atoms with Crippen LogP contribution >= 0.6 is 11.3 Å². The van der Waals surface area contributed by atoms with Crippen molar-refractivity contribution in [2.45, 2.75) is 52.4 Å². The van der Waals surface area contributed by atoms with Crippen molar-refractivity contribution in [2.24, 2.45) is 10.9 Å². The average molecular weight is 380 g/mol. The molecule has 1 aromatic heterocycles. The normalized spacial score (nSPS) is 15.8. The fourth-order valence-electron chi connectivity index (χ4n) is 3.03. The van der Waals surface area contributed by atoms with Crippen LogP contribution in [0.3, 0.4) is 0 Å². The lowest BCUT2D eigenvalue weighted by atomic mass is 9.89. The number of guanidine groups is 1. The zero-order valence-electron chi connectivity index (χ0n) is 16.6. The van der Waals surface area contributed by atoms with Crippen LogP contribution < -0.4 is 10.6 Å². The summed E-state index contributed by atoms with van der Waals surface area (Å²) in [4.78, 5) is 23.7. The van der Waals surface area contributed by atoms with Gasteiger partial charge in [-0.3, -0.25) is 4.79 Å². The van der Waals surface area contributed by atoms with Crippen molar-refractivity contribution in [3.05, 3.63) is 15.6 Å². The number of carbonyl (C=O) groups excluding carboxylic acids is 1. The van der Waals surface area contributed by atoms with Crippen LogP contribution in [0.1, 0.15) is 47.7 Å². The van der Waals surface area contributed by atoms with E-state index in [9.17, 15) is 4.79 Å². The lowest BCUT2D eigenvalue weighted by Gasteiger charge is -2.23. The molecule has 0 saturated heterocycles. The predicted octanol–water partition coefficient (Wildman–Crippen LogP) is 2.51. The SMILES string of the molecule is Cc1nc(CCNC(=NCC(=O)N(C)C)NCC2CCCCC2)sc1C. The second-order valence-corrected chi connectivity index (χ2v) is 8.55. The minimum absolute atomic E-state index is 0.00920. The fourth-order valence-corrected chi connectivity index (χ4v) is 3.96. The topological polar surface area (TPSA) is 69.6 Å². The van der Waals surface area contributed by atoms with Gasteiger partial charge in [0.2, 0.25) is 5.91 Å². The first-order valence-corrected chi connectivity index (χ1v) is 10.4. The van der Waals surface area contributed by atoms with Crippen LogP contribution in [0.2, 0.25) is 0 Å². The minimum atomic E-state index is 0.00920. The van der Waals surface area contributed by atoms with E-state index in [1.807, 2.05) is 6.92 Å². The van der Waals surface area contributed by atoms with Crippen LogP contribution in [0.15, 0.2) is 4.99 Å². The summed E-state index contributed by atoms with van der Waals surface area (Å²) in [5.74, 6) is 1.45. The molecule has 1 aliphatic carbocycles. The summed E-state index contributed by atoms with van der Waals surface area (Å²) in [5.41, 5.74) is 1.12. The van der Waals surface area contributed by atoms with Crippen LogP contribution in [0.5, 0.6) is 0 Å². The zero-order valence-corrected chi connectivity index (χ0v) is 17.4. The molecule has 1 heterocycles. The Morgan fingerprint density at radius 2 is 1.96 bits per heavy atom. The summed E-state index contributed by atoms with van der Waals surface area (Å²) in [6, 6.07) is 0. The molecule has 1 amide bonds. The largest absolute Gasteiger partial charge is 0.356 e. The smallest absolute Gasteiger partial charge is 0.243 e. The van der Waals surface area contributed by atoms with E-state index >= 15 is 0 Å². The Hall–Kier alpha value is -1.63. The molecule has 26 heavy (non-hydrogen) atoms. The van der Waals surface area contributed by atoms with E-state index < -0.39 is 0 Å². The van der Waals surface area contributed by atoms with E-state index in [1.54, 1.807) is 30.3 Å². The van der Waals surface area contributed by atoms with Crippen molar-refractivity contribution in [2.75, 3.05) is 33.7 Å². The third-order valence-corrected chi connectivity index (χ3v) is 5.99. The van der Waals surface area contributed by atoms with Gasteiger partial charge in [0, 0.05) is 38.5 Å². The quantitative estimate of drug-likeness (QED) is 0.564. The summed E-state index contributed by atoms with van der Waals surface area (Å²) in [7, 11) is 3.51. The molecule has 2 N–H and O–H groups in total. The molecule has 0 unspecified atom stereocenters. The number of nitrogens with one attached hydrogen (secondary N) is 2. The first-order valence-electron chi connectivity index (χ1n) is 9.61. The molecule has 1 aromatic rings. The van der Waals surface area contributed by atoms with Crippen LogP contribution in [0.25, 0.3) is 0 Å². The van der Waals surface area contributed by atoms with Crippen LogP contribution in [0, 0.1) is 19.8 Å². The van der Waals surface area contributed by atoms with Gasteiger partial charge in [0.05, 0.1) is 10.7 Å². The van der Waals surface area contributed by atoms with E-state index in [0.29, 0.717) is 5.92 Å². The number of aromatic nitrogens is 1. The number of thiazole rings is 1. The Labute approximate surface area is 161 Å². The Kier molecular flexibility index (Phi) is 8.35. The molecule has 0 aliphatic heterocycles. The fraction of sp³-hybridized carbons (Fsp3) is 0.737. The first-order chi connectivity index (χ1) is 12.5. The highest BCUT2D eigenvalue weighted by Crippen LogP contribution is 2.22. The van der Waals surface area contributed by atoms with E-state index in [1.165, 1.54) is 37.0 Å². The third-order valence-electron chi connectivity index (χ3n) is 4.86. The number of nitrogens with zero attached hydrogens (tertiary/aromatic N) is 3. The molecule has 7 heteroatoms. The molecule has 0 aromatic carbocycles. The van der Waals surface area contributed by atoms with E-state index in [0.717, 1.165) is 36.2 Å². The van der Waals surface area contributed by atoms with Gasteiger partial charge >= 0.3 is 0 Å². The molecule has 0 bridgehead atoms. The van der Waals surface area contributed by atoms with Crippen molar-refractivity contribution in [1.29, 1.82) is 0 Å². The minimum Gasteiger partial charge on any atom is -0.356 e. The van der Waals surface area contributed by atoms with Gasteiger partial charge in [-0.25, -0.2) is 9.98 Å². The lowest BCUT2D eigenvalue weighted by molar-refractivity contribution is -0.127. The summed E-state index contributed by atoms with van der Waals surface area (Å²) in [5, 5.41) is 7.95. The number of hydrogen-bond acceptors (Lipinski definition) is 4. The summed E-state index contributed by atoms with van der Waals surface area (Å²) in [6.45, 7) is 6.02. The number of rotatable bonds is 7. The van der Waals surface area contributed by atoms with Gasteiger partial charge in [-0.2, -0.15) is 0 Å². The maximum Gasteiger partial charge on any atom is 0.243 e. The van der Waals surface area contributed by atoms with Crippen molar-refractivity contribution in [1.82, 2.24) is 20.5 Å². The molecule has 6 nitrogen and oxygen atoms in total. The number of amides is 1. The molecule has 146 valence electrons. The van der Waals surface area contributed by atoms with E-state index in [2.05, 4.69) is 27.5 Å². The zero-order chi connectivity index (χ0) is 18.9. The second-order valence-electron chi connectivity index (χ2n) is 7.26. The van der Waals surface area contributed by atoms with Gasteiger partial charge in [0.15, 0.2) is 5.96 Å². The highest BCUT2D eigenvalue weighted by molar-refractivity contribution is 7.11. The summed E-state index contributed by atoms with van der Waals surface area (Å²) in [6.07, 6.45) is 7.45. The molecule has 1 aliphatic rings. The summed E-state index contributed by atoms with van der Waals surface area (Å²) >= 11 is 1.75. The number of likely N-dealkylation sites (N-methyl/N-ethyl adjacent to an activating group) is 1. The molecular weight excluding hydrogens is 346 g/mol. The van der Waals surface area contributed by atoms with Gasteiger partial charge in [-0.15, -0.1) is 11.3 Å². The Bertz CT molecular complexity index is 586. The molecule has 0 spiro atoms. The maximum atomic E-state index is 11.8. The number of hydrogen-bond donors (Lipinski definition) is 2. The number of carbonyl (C=O) groups is 1. The molecule has 2 rings (SSSR count). The Morgan fingerprint density at radius 1 is 1.23 bits per heavy atom. The summed E-state index contributed by atoms with van der Waals surface area (Å²) < 4.78 is 0. The van der Waals surface area contributed by atoms with Crippen molar-refractivity contribution in [3.8, 4) is 0 Å². The first kappa shape index (κ1) is 20.7. The van der Waals surface area contributed by atoms with Gasteiger partial charge in [0.1, 0.15) is 6.54 Å². The standard InChI is InChI=1S/C19H33N5OS/c1-14-15(2)26-17(23-14)10-11-20-19(22-13-18(25)24(3)4)21-12-16-8-6-5-7-9-16/h16H,5-13H2,1-4H3,(H2,20,21,22). The van der Waals surface area contributed by atoms with Crippen molar-refractivity contribution in [3.63, 3.8) is 0 Å². The third kappa shape index (κ3) is 6.94. The van der Waals surface area contributed by atoms with E-state index in [-0.39, 0.29) is 12.5 Å². The van der Waals surface area contributed by atoms with Crippen LogP contribution in [-0.4, -0.2) is 55.5 Å². The number of aryl methyl sites for hydroxylation is 2. The monoisotopic (exact) mass is 379 g/mol. The number of aliphatic imine (C=N–C) groups is 1. The lowest BCUT2D eigenvalue weighted by Crippen LogP contribution is -2.41. The van der Waals surface area contributed by atoms with Gasteiger partial charge in [-0.1, -0.05) is 19.3 Å². The average Bonchev–Trinajstić information content (AvgIpc) is 2.95. The molecule has 0 radical (unpaired) electrons. The molecule has 0 atom stereocenters. The maximum absolute atomic E-state index is 11.8. The highest BCUT2D eigenvalue weighted by atomic mass is 32.1. The van der Waals surface area contributed by atoms with Crippen LogP contribution in [-0.2, 0) is 11.2 Å². The van der Waals surface area contributed by atoms with Gasteiger partial charge in [0.25, 0.3) is 0 Å². The molecule has 1 fully saturated rings. The molecular formula is C19H33N5OS. The van der Waals surface area contributed by atoms with E-state index in [4.69, 9.17) is 0 Å². The van der Waals surface area contributed by atoms with Crippen molar-refractivity contribution >= 4 is 23.2 Å². The second kappa shape index (κ2) is 10.5. The van der Waals surface area contributed by atoms with Crippen LogP contribution in [0.4, 0.5) is 0 Å². The highest BCUT2D eigenvalue weighted by Gasteiger charge is 2.14. The molecule has 1 saturated carbocycles. The Morgan fingerprint density at radius 3 is 2.58 bits per heavy atom. The van der Waals surface area contributed by atoms with Gasteiger partial charge in [-0.05, 0) is 32.6 Å². The van der Waals surface area contributed by atoms with Gasteiger partial charge < -0.3 is 15.5 Å². The predicted molar refractivity (Wildman–Crippen MR) is 109 cm³/mol.